The minimum absolute atomic E-state index is 0. The molecule has 0 bridgehead atoms. The molecular weight excluding hydrogens is 119 g/mol. The minimum Gasteiger partial charge on any atom is -0.493 e. The first kappa shape index (κ1) is 10.7. The summed E-state index contributed by atoms with van der Waals surface area (Å²) >= 11 is 0. The molecule has 8 heavy (non-hydrogen) atoms. The molecule has 0 radical (unpaired) electrons. The van der Waals surface area contributed by atoms with Crippen molar-refractivity contribution >= 4 is 6.09 Å². The Bertz CT molecular complexity index is 108. The largest absolute Gasteiger partial charge is 1.00 e. The van der Waals surface area contributed by atoms with Gasteiger partial charge in [0.05, 0.1) is 7.11 Å². The van der Waals surface area contributed by atoms with Gasteiger partial charge >= 0.3 is 35.7 Å². The summed E-state index contributed by atoms with van der Waals surface area (Å²) < 4.78 is 3.96. The molecule has 1 amide bonds. The standard InChI is InChI=1S/C3H4N2O2.Na/c1-7-3(6)5-2-4;/h1H3,(H,5,6);/q;+1/p-1. The second-order valence-corrected chi connectivity index (χ2v) is 0.682. The Morgan fingerprint density at radius 1 is 1.88 bits per heavy atom. The van der Waals surface area contributed by atoms with Crippen LogP contribution in [0.4, 0.5) is 4.79 Å². The molecule has 0 aromatic carbocycles. The van der Waals surface area contributed by atoms with Crippen LogP contribution in [0, 0.1) is 11.5 Å². The van der Waals surface area contributed by atoms with Gasteiger partial charge < -0.3 is 15.3 Å². The number of hydrogen-bond acceptors (Lipinski definition) is 3. The van der Waals surface area contributed by atoms with Gasteiger partial charge in [-0.2, -0.15) is 0 Å². The maximum Gasteiger partial charge on any atom is 1.00 e. The average Bonchev–Trinajstić information content (AvgIpc) is 1.68. The minimum atomic E-state index is -0.859. The van der Waals surface area contributed by atoms with Crippen molar-refractivity contribution < 1.29 is 39.1 Å². The zero-order chi connectivity index (χ0) is 5.70. The Balaban J connectivity index is 0. The Morgan fingerprint density at radius 2 is 2.38 bits per heavy atom. The third-order valence-electron chi connectivity index (χ3n) is 0.316. The van der Waals surface area contributed by atoms with Gasteiger partial charge in [-0.3, -0.25) is 4.79 Å². The summed E-state index contributed by atoms with van der Waals surface area (Å²) in [5.74, 6) is 0. The summed E-state index contributed by atoms with van der Waals surface area (Å²) in [6.45, 7) is 0. The maximum absolute atomic E-state index is 9.80. The zero-order valence-corrected chi connectivity index (χ0v) is 6.71. The van der Waals surface area contributed by atoms with E-state index < -0.39 is 6.09 Å². The van der Waals surface area contributed by atoms with E-state index in [-0.39, 0.29) is 29.6 Å². The first-order chi connectivity index (χ1) is 3.31. The van der Waals surface area contributed by atoms with Gasteiger partial charge in [-0.25, -0.2) is 0 Å². The molecule has 0 aliphatic heterocycles. The third-order valence-corrected chi connectivity index (χ3v) is 0.316. The quantitative estimate of drug-likeness (QED) is 0.266. The van der Waals surface area contributed by atoms with Gasteiger partial charge in [-0.05, 0) is 0 Å². The topological polar surface area (TPSA) is 64.2 Å². The molecule has 0 atom stereocenters. The van der Waals surface area contributed by atoms with Crippen LogP contribution in [0.15, 0.2) is 0 Å². The summed E-state index contributed by atoms with van der Waals surface area (Å²) in [6.07, 6.45) is 0.410. The van der Waals surface area contributed by atoms with E-state index >= 15 is 0 Å². The Morgan fingerprint density at radius 3 is 2.50 bits per heavy atom. The first-order valence-corrected chi connectivity index (χ1v) is 1.49. The number of ether oxygens (including phenoxy) is 1. The summed E-state index contributed by atoms with van der Waals surface area (Å²) in [7, 11) is 1.16. The van der Waals surface area contributed by atoms with E-state index in [4.69, 9.17) is 5.26 Å². The molecule has 0 saturated carbocycles. The average molecular weight is 122 g/mol. The second kappa shape index (κ2) is 6.76. The van der Waals surface area contributed by atoms with E-state index in [1.807, 2.05) is 0 Å². The van der Waals surface area contributed by atoms with Crippen molar-refractivity contribution in [1.82, 2.24) is 0 Å². The number of nitriles is 1. The smallest absolute Gasteiger partial charge is 0.493 e. The second-order valence-electron chi connectivity index (χ2n) is 0.682. The molecule has 4 nitrogen and oxygen atoms in total. The van der Waals surface area contributed by atoms with Gasteiger partial charge in [0, 0.05) is 0 Å². The Kier molecular flexibility index (Phi) is 9.03. The predicted molar refractivity (Wildman–Crippen MR) is 21.4 cm³/mol. The van der Waals surface area contributed by atoms with Crippen LogP contribution < -0.4 is 29.6 Å². The molecule has 0 heterocycles. The molecule has 38 valence electrons. The van der Waals surface area contributed by atoms with Crippen LogP contribution >= 0.6 is 0 Å². The SMILES string of the molecule is COC(=O)[N-]C#N.[Na+]. The van der Waals surface area contributed by atoms with Crippen LogP contribution in [0.2, 0.25) is 0 Å². The molecule has 0 fully saturated rings. The van der Waals surface area contributed by atoms with Crippen molar-refractivity contribution in [3.05, 3.63) is 5.32 Å². The number of carbonyl (C=O) groups is 1. The normalized spacial score (nSPS) is 5.50. The Labute approximate surface area is 69.1 Å². The molecule has 0 aromatic rings. The van der Waals surface area contributed by atoms with E-state index in [2.05, 4.69) is 10.1 Å². The van der Waals surface area contributed by atoms with Crippen molar-refractivity contribution in [2.24, 2.45) is 0 Å². The van der Waals surface area contributed by atoms with Gasteiger partial charge in [0.2, 0.25) is 0 Å². The van der Waals surface area contributed by atoms with E-state index in [9.17, 15) is 4.79 Å². The molecule has 0 aliphatic carbocycles. The maximum atomic E-state index is 9.80. The van der Waals surface area contributed by atoms with Crippen LogP contribution in [0.25, 0.3) is 5.32 Å². The molecule has 0 aliphatic rings. The van der Waals surface area contributed by atoms with Crippen LogP contribution in [0.1, 0.15) is 0 Å². The van der Waals surface area contributed by atoms with Crippen molar-refractivity contribution in [1.29, 1.82) is 5.26 Å². The summed E-state index contributed by atoms with van der Waals surface area (Å²) in [5.41, 5.74) is 0. The summed E-state index contributed by atoms with van der Waals surface area (Å²) in [6, 6.07) is 0. The number of amides is 1. The molecule has 0 unspecified atom stereocenters. The number of rotatable bonds is 0. The van der Waals surface area contributed by atoms with E-state index in [0.717, 1.165) is 7.11 Å². The molecular formula is C3H3N2NaO2. The summed E-state index contributed by atoms with van der Waals surface area (Å²) in [4.78, 5) is 9.80. The van der Waals surface area contributed by atoms with Crippen molar-refractivity contribution in [3.8, 4) is 6.19 Å². The van der Waals surface area contributed by atoms with Crippen LogP contribution in [0.5, 0.6) is 0 Å². The van der Waals surface area contributed by atoms with Gasteiger partial charge in [-0.15, -0.1) is 0 Å². The molecule has 0 N–H and O–H groups in total. The number of methoxy groups -OCH3 is 1. The van der Waals surface area contributed by atoms with Crippen LogP contribution in [-0.4, -0.2) is 13.2 Å². The van der Waals surface area contributed by atoms with Gasteiger partial charge in [0.15, 0.2) is 0 Å². The van der Waals surface area contributed by atoms with Crippen LogP contribution in [0.3, 0.4) is 0 Å². The van der Waals surface area contributed by atoms with Gasteiger partial charge in [-0.1, -0.05) is 6.19 Å². The fraction of sp³-hybridized carbons (Fsp3) is 0.333. The summed E-state index contributed by atoms with van der Waals surface area (Å²) in [5, 5.41) is 10.3. The molecule has 0 spiro atoms. The zero-order valence-electron chi connectivity index (χ0n) is 4.71. The van der Waals surface area contributed by atoms with Gasteiger partial charge in [0.1, 0.15) is 0 Å². The van der Waals surface area contributed by atoms with E-state index in [1.54, 1.807) is 0 Å². The molecule has 5 heteroatoms. The van der Waals surface area contributed by atoms with Crippen molar-refractivity contribution in [2.45, 2.75) is 0 Å². The number of hydrogen-bond donors (Lipinski definition) is 0. The first-order valence-electron chi connectivity index (χ1n) is 1.49. The molecule has 0 saturated heterocycles. The van der Waals surface area contributed by atoms with E-state index in [0.29, 0.717) is 0 Å². The van der Waals surface area contributed by atoms with Gasteiger partial charge in [0.25, 0.3) is 0 Å². The number of carbonyl (C=O) groups excluding carboxylic acids is 1. The predicted octanol–water partition coefficient (Wildman–Crippen LogP) is -2.39. The fourth-order valence-corrected chi connectivity index (χ4v) is 0.0865. The monoisotopic (exact) mass is 122 g/mol. The van der Waals surface area contributed by atoms with Crippen molar-refractivity contribution in [2.75, 3.05) is 7.11 Å². The van der Waals surface area contributed by atoms with E-state index in [1.165, 1.54) is 6.19 Å². The molecule has 0 rings (SSSR count). The Hall–Kier alpha value is -0.240. The van der Waals surface area contributed by atoms with Crippen LogP contribution in [-0.2, 0) is 4.74 Å². The third kappa shape index (κ3) is 5.76. The van der Waals surface area contributed by atoms with Crippen molar-refractivity contribution in [3.63, 3.8) is 0 Å². The molecule has 0 aromatic heterocycles. The number of nitrogens with zero attached hydrogens (tertiary/aromatic N) is 2. The fourth-order valence-electron chi connectivity index (χ4n) is 0.0865.